The second-order valence-corrected chi connectivity index (χ2v) is 4.72. The molecular formula is C16H18N2O3. The Bertz CT molecular complexity index is 733. The van der Waals surface area contributed by atoms with E-state index in [-0.39, 0.29) is 11.3 Å². The van der Waals surface area contributed by atoms with E-state index in [2.05, 4.69) is 17.5 Å². The molecule has 2 aromatic rings. The molecule has 1 aromatic carbocycles. The van der Waals surface area contributed by atoms with Gasteiger partial charge in [-0.1, -0.05) is 25.1 Å². The molecule has 0 unspecified atom stereocenters. The average Bonchev–Trinajstić information content (AvgIpc) is 2.44. The highest BCUT2D eigenvalue weighted by Gasteiger charge is 2.13. The molecule has 5 heteroatoms. The molecule has 21 heavy (non-hydrogen) atoms. The van der Waals surface area contributed by atoms with Gasteiger partial charge in [0.15, 0.2) is 0 Å². The molecule has 110 valence electrons. The number of nitrogens with zero attached hydrogens (tertiary/aromatic N) is 1. The summed E-state index contributed by atoms with van der Waals surface area (Å²) in [6.07, 6.45) is 0.871. The normalized spacial score (nSPS) is 11.5. The summed E-state index contributed by atoms with van der Waals surface area (Å²) in [5.74, 6) is 0.230. The van der Waals surface area contributed by atoms with Gasteiger partial charge < -0.3 is 9.52 Å². The third-order valence-corrected chi connectivity index (χ3v) is 3.16. The molecule has 0 atom stereocenters. The summed E-state index contributed by atoms with van der Waals surface area (Å²) in [6, 6.07) is 9.18. The zero-order valence-electron chi connectivity index (χ0n) is 12.3. The van der Waals surface area contributed by atoms with Crippen LogP contribution in [0.25, 0.3) is 0 Å². The number of aromatic hydroxyl groups is 1. The van der Waals surface area contributed by atoms with E-state index in [1.165, 1.54) is 6.07 Å². The smallest absolute Gasteiger partial charge is 0.348 e. The molecule has 0 bridgehead atoms. The van der Waals surface area contributed by atoms with Crippen molar-refractivity contribution in [2.75, 3.05) is 5.43 Å². The Labute approximate surface area is 122 Å². The van der Waals surface area contributed by atoms with E-state index in [0.29, 0.717) is 11.5 Å². The molecule has 1 heterocycles. The first-order chi connectivity index (χ1) is 10.0. The van der Waals surface area contributed by atoms with E-state index >= 15 is 0 Å². The Morgan fingerprint density at radius 3 is 2.76 bits per heavy atom. The summed E-state index contributed by atoms with van der Waals surface area (Å²) in [5, 5.41) is 14.0. The predicted octanol–water partition coefficient (Wildman–Crippen LogP) is 3.05. The molecule has 2 N–H and O–H groups in total. The van der Waals surface area contributed by atoms with E-state index in [1.807, 2.05) is 24.3 Å². The van der Waals surface area contributed by atoms with Crippen LogP contribution in [0.5, 0.6) is 5.75 Å². The number of nitrogens with one attached hydrogen (secondary N) is 1. The molecule has 0 fully saturated rings. The predicted molar refractivity (Wildman–Crippen MR) is 83.0 cm³/mol. The Morgan fingerprint density at radius 1 is 1.38 bits per heavy atom. The van der Waals surface area contributed by atoms with Crippen molar-refractivity contribution < 1.29 is 9.52 Å². The maximum Gasteiger partial charge on any atom is 0.348 e. The highest BCUT2D eigenvalue weighted by atomic mass is 16.4. The van der Waals surface area contributed by atoms with E-state index < -0.39 is 5.63 Å². The van der Waals surface area contributed by atoms with Crippen molar-refractivity contribution in [3.8, 4) is 5.75 Å². The lowest BCUT2D eigenvalue weighted by Crippen LogP contribution is -2.14. The van der Waals surface area contributed by atoms with E-state index in [9.17, 15) is 9.90 Å². The molecule has 0 radical (unpaired) electrons. The van der Waals surface area contributed by atoms with Crippen LogP contribution in [0.3, 0.4) is 0 Å². The fourth-order valence-corrected chi connectivity index (χ4v) is 2.07. The van der Waals surface area contributed by atoms with Gasteiger partial charge in [0.25, 0.3) is 0 Å². The minimum absolute atomic E-state index is 0.0714. The third kappa shape index (κ3) is 3.31. The van der Waals surface area contributed by atoms with Crippen molar-refractivity contribution in [3.05, 3.63) is 57.6 Å². The fourth-order valence-electron chi connectivity index (χ4n) is 2.07. The fraction of sp³-hybridized carbons (Fsp3) is 0.250. The minimum atomic E-state index is -0.598. The van der Waals surface area contributed by atoms with Gasteiger partial charge >= 0.3 is 5.63 Å². The van der Waals surface area contributed by atoms with E-state index in [0.717, 1.165) is 17.7 Å². The number of hydrogen-bond donors (Lipinski definition) is 2. The molecule has 0 saturated heterocycles. The molecule has 1 aromatic heterocycles. The average molecular weight is 286 g/mol. The molecule has 0 saturated carbocycles. The lowest BCUT2D eigenvalue weighted by Gasteiger charge is -2.08. The van der Waals surface area contributed by atoms with Crippen molar-refractivity contribution in [1.82, 2.24) is 0 Å². The largest absolute Gasteiger partial charge is 0.507 e. The Morgan fingerprint density at radius 2 is 2.10 bits per heavy atom. The maximum absolute atomic E-state index is 11.8. The molecular weight excluding hydrogens is 268 g/mol. The second-order valence-electron chi connectivity index (χ2n) is 4.72. The number of para-hydroxylation sites is 1. The molecule has 0 aliphatic heterocycles. The lowest BCUT2D eigenvalue weighted by molar-refractivity contribution is 0.432. The van der Waals surface area contributed by atoms with Crippen molar-refractivity contribution in [2.45, 2.75) is 27.2 Å². The number of hydrazone groups is 1. The van der Waals surface area contributed by atoms with Gasteiger partial charge in [-0.05, 0) is 31.9 Å². The van der Waals surface area contributed by atoms with Crippen LogP contribution >= 0.6 is 0 Å². The van der Waals surface area contributed by atoms with Gasteiger partial charge in [0, 0.05) is 6.07 Å². The molecule has 0 aliphatic carbocycles. The van der Waals surface area contributed by atoms with Gasteiger partial charge in [-0.3, -0.25) is 5.43 Å². The van der Waals surface area contributed by atoms with E-state index in [1.54, 1.807) is 13.8 Å². The highest BCUT2D eigenvalue weighted by molar-refractivity contribution is 6.00. The van der Waals surface area contributed by atoms with Crippen molar-refractivity contribution in [1.29, 1.82) is 0 Å². The van der Waals surface area contributed by atoms with Gasteiger partial charge in [-0.2, -0.15) is 5.10 Å². The number of hydrogen-bond acceptors (Lipinski definition) is 5. The first kappa shape index (κ1) is 14.8. The number of benzene rings is 1. The maximum atomic E-state index is 11.8. The van der Waals surface area contributed by atoms with Crippen LogP contribution in [0.4, 0.5) is 5.69 Å². The number of rotatable bonds is 4. The number of anilines is 1. The second kappa shape index (κ2) is 6.26. The van der Waals surface area contributed by atoms with Gasteiger partial charge in [-0.25, -0.2) is 4.79 Å². The van der Waals surface area contributed by atoms with Crippen molar-refractivity contribution in [2.24, 2.45) is 5.10 Å². The monoisotopic (exact) mass is 286 g/mol. The van der Waals surface area contributed by atoms with Crippen LogP contribution in [0.1, 0.15) is 30.7 Å². The van der Waals surface area contributed by atoms with Crippen LogP contribution in [-0.2, 0) is 6.42 Å². The summed E-state index contributed by atoms with van der Waals surface area (Å²) >= 11 is 0. The van der Waals surface area contributed by atoms with Gasteiger partial charge in [0.05, 0.1) is 11.4 Å². The number of aryl methyl sites for hydroxylation is 2. The van der Waals surface area contributed by atoms with Crippen LogP contribution in [0, 0.1) is 6.92 Å². The van der Waals surface area contributed by atoms with Crippen LogP contribution in [0.15, 0.2) is 44.6 Å². The lowest BCUT2D eigenvalue weighted by atomic mass is 10.1. The van der Waals surface area contributed by atoms with Crippen LogP contribution in [0.2, 0.25) is 0 Å². The zero-order chi connectivity index (χ0) is 15.4. The van der Waals surface area contributed by atoms with Gasteiger partial charge in [0.1, 0.15) is 17.1 Å². The van der Waals surface area contributed by atoms with Crippen LogP contribution < -0.4 is 11.1 Å². The molecule has 0 spiro atoms. The van der Waals surface area contributed by atoms with E-state index in [4.69, 9.17) is 4.42 Å². The first-order valence-electron chi connectivity index (χ1n) is 6.75. The topological polar surface area (TPSA) is 74.8 Å². The van der Waals surface area contributed by atoms with Crippen molar-refractivity contribution >= 4 is 11.4 Å². The Hall–Kier alpha value is -2.56. The molecule has 5 nitrogen and oxygen atoms in total. The SMILES string of the molecule is CCc1ccccc1N/N=C(\C)c1c(O)cc(C)oc1=O. The molecule has 0 amide bonds. The quantitative estimate of drug-likeness (QED) is 0.669. The summed E-state index contributed by atoms with van der Waals surface area (Å²) in [7, 11) is 0. The zero-order valence-corrected chi connectivity index (χ0v) is 12.3. The summed E-state index contributed by atoms with van der Waals surface area (Å²) in [6.45, 7) is 5.30. The Kier molecular flexibility index (Phi) is 4.42. The Balaban J connectivity index is 2.32. The standard InChI is InChI=1S/C16H18N2O3/c1-4-12-7-5-6-8-13(12)18-17-11(3)15-14(19)9-10(2)21-16(15)20/h5-9,18-19H,4H2,1-3H3/b17-11+. The molecule has 2 rings (SSSR count). The molecule has 0 aliphatic rings. The van der Waals surface area contributed by atoms with Crippen LogP contribution in [-0.4, -0.2) is 10.8 Å². The first-order valence-corrected chi connectivity index (χ1v) is 6.75. The van der Waals surface area contributed by atoms with Gasteiger partial charge in [0.2, 0.25) is 0 Å². The highest BCUT2D eigenvalue weighted by Crippen LogP contribution is 2.18. The van der Waals surface area contributed by atoms with Crippen molar-refractivity contribution in [3.63, 3.8) is 0 Å². The summed E-state index contributed by atoms with van der Waals surface area (Å²) < 4.78 is 4.98. The minimum Gasteiger partial charge on any atom is -0.507 e. The third-order valence-electron chi connectivity index (χ3n) is 3.16. The summed E-state index contributed by atoms with van der Waals surface area (Å²) in [4.78, 5) is 11.8. The summed E-state index contributed by atoms with van der Waals surface area (Å²) in [5.41, 5.74) is 4.76. The van der Waals surface area contributed by atoms with Gasteiger partial charge in [-0.15, -0.1) is 0 Å².